The highest BCUT2D eigenvalue weighted by Crippen LogP contribution is 2.37. The zero-order valence-corrected chi connectivity index (χ0v) is 17.6. The fraction of sp³-hybridized carbons (Fsp3) is 0.304. The first-order valence-corrected chi connectivity index (χ1v) is 10.6. The number of thioether (sulfide) groups is 1. The van der Waals surface area contributed by atoms with Gasteiger partial charge in [-0.2, -0.15) is 0 Å². The number of halogens is 1. The molecule has 6 heteroatoms. The average molecular weight is 414 g/mol. The Morgan fingerprint density at radius 1 is 1.03 bits per heavy atom. The van der Waals surface area contributed by atoms with Gasteiger partial charge in [0.15, 0.2) is 0 Å². The summed E-state index contributed by atoms with van der Waals surface area (Å²) in [5, 5.41) is 0. The summed E-state index contributed by atoms with van der Waals surface area (Å²) in [6.07, 6.45) is 0. The van der Waals surface area contributed by atoms with Crippen molar-refractivity contribution in [3.63, 3.8) is 0 Å². The summed E-state index contributed by atoms with van der Waals surface area (Å²) < 4.78 is 19.7. The largest absolute Gasteiger partial charge is 0.493 e. The number of hydrogen-bond donors (Lipinski definition) is 0. The van der Waals surface area contributed by atoms with E-state index in [4.69, 9.17) is 4.74 Å². The van der Waals surface area contributed by atoms with Crippen molar-refractivity contribution < 1.29 is 18.7 Å². The molecule has 152 valence electrons. The lowest BCUT2D eigenvalue weighted by molar-refractivity contribution is -0.137. The number of ether oxygens (including phenoxy) is 1. The van der Waals surface area contributed by atoms with Crippen LogP contribution in [0.15, 0.2) is 53.4 Å². The Balaban J connectivity index is 1.88. The van der Waals surface area contributed by atoms with Gasteiger partial charge in [-0.05, 0) is 35.4 Å². The Labute approximate surface area is 174 Å². The van der Waals surface area contributed by atoms with E-state index in [-0.39, 0.29) is 12.5 Å². The van der Waals surface area contributed by atoms with Crippen molar-refractivity contribution in [1.82, 2.24) is 4.90 Å². The summed E-state index contributed by atoms with van der Waals surface area (Å²) in [4.78, 5) is 27.6. The van der Waals surface area contributed by atoms with Crippen molar-refractivity contribution in [2.75, 3.05) is 12.4 Å². The van der Waals surface area contributed by atoms with E-state index >= 15 is 0 Å². The van der Waals surface area contributed by atoms with E-state index in [0.29, 0.717) is 45.6 Å². The Morgan fingerprint density at radius 2 is 1.72 bits per heavy atom. The summed E-state index contributed by atoms with van der Waals surface area (Å²) in [5.74, 6) is 0.572. The number of hydrogen-bond acceptors (Lipinski definition) is 4. The van der Waals surface area contributed by atoms with E-state index < -0.39 is 11.7 Å². The van der Waals surface area contributed by atoms with Crippen LogP contribution >= 0.6 is 11.8 Å². The molecule has 0 saturated heterocycles. The molecule has 1 aliphatic heterocycles. The summed E-state index contributed by atoms with van der Waals surface area (Å²) >= 11 is 1.33. The molecule has 0 saturated carbocycles. The van der Waals surface area contributed by atoms with Gasteiger partial charge in [0.2, 0.25) is 0 Å². The minimum atomic E-state index is -0.433. The molecule has 0 atom stereocenters. The van der Waals surface area contributed by atoms with Crippen molar-refractivity contribution in [2.24, 2.45) is 5.92 Å². The predicted octanol–water partition coefficient (Wildman–Crippen LogP) is 4.89. The van der Waals surface area contributed by atoms with Crippen molar-refractivity contribution >= 4 is 29.1 Å². The number of carbonyl (C=O) groups excluding carboxylic acids is 2. The molecule has 0 aliphatic carbocycles. The first-order valence-electron chi connectivity index (χ1n) is 9.62. The second kappa shape index (κ2) is 9.27. The van der Waals surface area contributed by atoms with Crippen LogP contribution in [0.1, 0.15) is 31.9 Å². The van der Waals surface area contributed by atoms with Crippen molar-refractivity contribution in [3.05, 3.63) is 70.4 Å². The molecule has 0 bridgehead atoms. The highest BCUT2D eigenvalue weighted by Gasteiger charge is 2.39. The summed E-state index contributed by atoms with van der Waals surface area (Å²) in [5.41, 5.74) is 1.34. The summed E-state index contributed by atoms with van der Waals surface area (Å²) in [6, 6.07) is 13.4. The lowest BCUT2D eigenvalue weighted by Crippen LogP contribution is -2.31. The van der Waals surface area contributed by atoms with E-state index in [9.17, 15) is 14.0 Å². The number of nitrogens with zero attached hydrogens (tertiary/aromatic N) is 1. The van der Waals surface area contributed by atoms with Gasteiger partial charge in [-0.3, -0.25) is 14.5 Å². The Bertz CT molecular complexity index is 937. The number of rotatable bonds is 8. The van der Waals surface area contributed by atoms with Crippen LogP contribution in [0.2, 0.25) is 0 Å². The number of amides is 2. The minimum absolute atomic E-state index is 0.0861. The Kier molecular flexibility index (Phi) is 6.75. The molecular weight excluding hydrogens is 389 g/mol. The fourth-order valence-electron chi connectivity index (χ4n) is 3.01. The topological polar surface area (TPSA) is 46.6 Å². The smallest absolute Gasteiger partial charge is 0.268 e. The van der Waals surface area contributed by atoms with Crippen LogP contribution in [0.25, 0.3) is 5.57 Å². The third-order valence-corrected chi connectivity index (χ3v) is 5.38. The van der Waals surface area contributed by atoms with E-state index in [1.165, 1.54) is 17.8 Å². The zero-order valence-electron chi connectivity index (χ0n) is 16.8. The number of carbonyl (C=O) groups is 2. The molecule has 0 spiro atoms. The molecule has 1 aliphatic rings. The molecule has 2 aromatic carbocycles. The molecular formula is C23H24FNO3S. The number of benzene rings is 2. The first-order chi connectivity index (χ1) is 13.9. The maximum absolute atomic E-state index is 14.1. The van der Waals surface area contributed by atoms with Crippen LogP contribution in [0, 0.1) is 11.7 Å². The van der Waals surface area contributed by atoms with E-state index in [1.807, 2.05) is 6.92 Å². The molecule has 2 aromatic rings. The van der Waals surface area contributed by atoms with Gasteiger partial charge in [-0.15, -0.1) is 11.8 Å². The van der Waals surface area contributed by atoms with Crippen molar-refractivity contribution in [1.29, 1.82) is 0 Å². The predicted molar refractivity (Wildman–Crippen MR) is 114 cm³/mol. The Hall–Kier alpha value is -2.60. The molecule has 0 unspecified atom stereocenters. The number of imide groups is 1. The van der Waals surface area contributed by atoms with Crippen LogP contribution in [0.3, 0.4) is 0 Å². The second-order valence-corrected chi connectivity index (χ2v) is 8.43. The van der Waals surface area contributed by atoms with Crippen LogP contribution in [-0.4, -0.2) is 29.1 Å². The van der Waals surface area contributed by atoms with Crippen LogP contribution in [0.5, 0.6) is 5.75 Å². The van der Waals surface area contributed by atoms with E-state index in [1.54, 1.807) is 42.5 Å². The van der Waals surface area contributed by atoms with Gasteiger partial charge in [-0.25, -0.2) is 4.39 Å². The molecule has 1 heterocycles. The van der Waals surface area contributed by atoms with Crippen molar-refractivity contribution in [3.8, 4) is 5.75 Å². The molecule has 3 rings (SSSR count). The fourth-order valence-corrected chi connectivity index (χ4v) is 3.88. The van der Waals surface area contributed by atoms with Crippen LogP contribution in [-0.2, 0) is 16.1 Å². The third-order valence-electron chi connectivity index (χ3n) is 4.43. The maximum atomic E-state index is 14.1. The van der Waals surface area contributed by atoms with Gasteiger partial charge in [-0.1, -0.05) is 51.1 Å². The highest BCUT2D eigenvalue weighted by molar-refractivity contribution is 8.04. The molecule has 29 heavy (non-hydrogen) atoms. The molecule has 0 radical (unpaired) electrons. The highest BCUT2D eigenvalue weighted by atomic mass is 32.2. The van der Waals surface area contributed by atoms with Gasteiger partial charge in [0.1, 0.15) is 11.6 Å². The normalized spacial score (nSPS) is 14.3. The van der Waals surface area contributed by atoms with Gasteiger partial charge in [0, 0.05) is 5.56 Å². The third kappa shape index (κ3) is 4.70. The lowest BCUT2D eigenvalue weighted by Gasteiger charge is -2.15. The molecule has 0 aromatic heterocycles. The Morgan fingerprint density at radius 3 is 2.34 bits per heavy atom. The standard InChI is InChI=1S/C23H24FNO3S/c1-4-29-21-20(16-9-11-18(12-10-16)28-14-15(2)3)22(26)25(23(21)27)13-17-7-5-6-8-19(17)24/h5-12,15H,4,13-14H2,1-3H3. The second-order valence-electron chi connectivity index (χ2n) is 7.15. The van der Waals surface area contributed by atoms with Crippen LogP contribution < -0.4 is 4.74 Å². The molecule has 0 N–H and O–H groups in total. The van der Waals surface area contributed by atoms with E-state index in [2.05, 4.69) is 13.8 Å². The lowest BCUT2D eigenvalue weighted by atomic mass is 10.1. The average Bonchev–Trinajstić information content (AvgIpc) is 2.93. The van der Waals surface area contributed by atoms with Crippen molar-refractivity contribution in [2.45, 2.75) is 27.3 Å². The summed E-state index contributed by atoms with van der Waals surface area (Å²) in [7, 11) is 0. The zero-order chi connectivity index (χ0) is 21.0. The SMILES string of the molecule is CCSC1=C(c2ccc(OCC(C)C)cc2)C(=O)N(Cc2ccccc2F)C1=O. The first kappa shape index (κ1) is 21.1. The summed E-state index contributed by atoms with van der Waals surface area (Å²) in [6.45, 7) is 6.58. The van der Waals surface area contributed by atoms with Crippen LogP contribution in [0.4, 0.5) is 4.39 Å². The maximum Gasteiger partial charge on any atom is 0.268 e. The van der Waals surface area contributed by atoms with Gasteiger partial charge < -0.3 is 4.74 Å². The van der Waals surface area contributed by atoms with Gasteiger partial charge in [0.05, 0.1) is 23.6 Å². The van der Waals surface area contributed by atoms with Gasteiger partial charge >= 0.3 is 0 Å². The monoisotopic (exact) mass is 413 g/mol. The molecule has 2 amide bonds. The van der Waals surface area contributed by atoms with E-state index in [0.717, 1.165) is 4.90 Å². The molecule has 0 fully saturated rings. The van der Waals surface area contributed by atoms with Gasteiger partial charge in [0.25, 0.3) is 11.8 Å². The quantitative estimate of drug-likeness (QED) is 0.578. The molecule has 4 nitrogen and oxygen atoms in total. The minimum Gasteiger partial charge on any atom is -0.493 e.